The smallest absolute Gasteiger partial charge is 0.211 e. The molecule has 0 aliphatic carbocycles. The molecule has 0 bridgehead atoms. The van der Waals surface area contributed by atoms with Crippen LogP contribution in [0.1, 0.15) is 13.8 Å². The SMILES string of the molecule is CC1CN(S(C)(=O)=O)CC(C)N1N. The fraction of sp³-hybridized carbons (Fsp3) is 1.00. The van der Waals surface area contributed by atoms with Crippen LogP contribution in [0, 0.1) is 0 Å². The molecule has 0 aromatic carbocycles. The summed E-state index contributed by atoms with van der Waals surface area (Å²) in [5.74, 6) is 5.74. The van der Waals surface area contributed by atoms with Gasteiger partial charge >= 0.3 is 0 Å². The molecule has 1 aliphatic rings. The molecule has 1 rings (SSSR count). The Balaban J connectivity index is 2.75. The minimum atomic E-state index is -3.06. The van der Waals surface area contributed by atoms with Gasteiger partial charge in [0, 0.05) is 25.2 Å². The van der Waals surface area contributed by atoms with E-state index in [2.05, 4.69) is 0 Å². The molecule has 78 valence electrons. The van der Waals surface area contributed by atoms with Crippen molar-refractivity contribution in [2.24, 2.45) is 5.84 Å². The molecule has 0 aromatic rings. The average molecular weight is 207 g/mol. The summed E-state index contributed by atoms with van der Waals surface area (Å²) in [7, 11) is -3.06. The lowest BCUT2D eigenvalue weighted by Crippen LogP contribution is -2.60. The molecule has 0 spiro atoms. The molecular formula is C7H17N3O2S. The molecule has 1 heterocycles. The van der Waals surface area contributed by atoms with Gasteiger partial charge < -0.3 is 0 Å². The van der Waals surface area contributed by atoms with Gasteiger partial charge in [-0.25, -0.2) is 13.4 Å². The molecule has 2 atom stereocenters. The molecule has 2 N–H and O–H groups in total. The Morgan fingerprint density at radius 2 is 1.62 bits per heavy atom. The maximum absolute atomic E-state index is 11.3. The number of piperazine rings is 1. The van der Waals surface area contributed by atoms with Gasteiger partial charge in [0.05, 0.1) is 6.26 Å². The summed E-state index contributed by atoms with van der Waals surface area (Å²) in [5, 5.41) is 1.71. The lowest BCUT2D eigenvalue weighted by Gasteiger charge is -2.40. The van der Waals surface area contributed by atoms with Crippen LogP contribution < -0.4 is 5.84 Å². The minimum Gasteiger partial charge on any atom is -0.268 e. The van der Waals surface area contributed by atoms with Crippen LogP contribution in [-0.2, 0) is 10.0 Å². The van der Waals surface area contributed by atoms with Gasteiger partial charge in [-0.15, -0.1) is 0 Å². The maximum atomic E-state index is 11.3. The molecule has 6 heteroatoms. The summed E-state index contributed by atoms with van der Waals surface area (Å²) in [6.45, 7) is 4.82. The molecule has 0 aromatic heterocycles. The van der Waals surface area contributed by atoms with E-state index in [0.29, 0.717) is 13.1 Å². The zero-order chi connectivity index (χ0) is 10.2. The van der Waals surface area contributed by atoms with Crippen LogP contribution in [0.3, 0.4) is 0 Å². The molecule has 2 unspecified atom stereocenters. The van der Waals surface area contributed by atoms with Gasteiger partial charge in [0.15, 0.2) is 0 Å². The van der Waals surface area contributed by atoms with E-state index < -0.39 is 10.0 Å². The monoisotopic (exact) mass is 207 g/mol. The number of nitrogens with two attached hydrogens (primary N) is 1. The number of hydrogen-bond acceptors (Lipinski definition) is 4. The van der Waals surface area contributed by atoms with Crippen molar-refractivity contribution < 1.29 is 8.42 Å². The van der Waals surface area contributed by atoms with Crippen molar-refractivity contribution in [3.8, 4) is 0 Å². The first-order chi connectivity index (χ1) is 5.82. The molecular weight excluding hydrogens is 190 g/mol. The van der Waals surface area contributed by atoms with Crippen LogP contribution in [0.4, 0.5) is 0 Å². The Kier molecular flexibility index (Phi) is 2.96. The summed E-state index contributed by atoms with van der Waals surface area (Å²) < 4.78 is 24.0. The van der Waals surface area contributed by atoms with E-state index in [1.807, 2.05) is 13.8 Å². The largest absolute Gasteiger partial charge is 0.268 e. The third-order valence-corrected chi connectivity index (χ3v) is 3.66. The lowest BCUT2D eigenvalue weighted by molar-refractivity contribution is 0.0780. The quantitative estimate of drug-likeness (QED) is 0.572. The van der Waals surface area contributed by atoms with Gasteiger partial charge in [-0.05, 0) is 13.8 Å². The van der Waals surface area contributed by atoms with Gasteiger partial charge in [-0.3, -0.25) is 5.84 Å². The summed E-state index contributed by atoms with van der Waals surface area (Å²) in [4.78, 5) is 0. The average Bonchev–Trinajstić information content (AvgIpc) is 1.97. The first-order valence-corrected chi connectivity index (χ1v) is 6.15. The normalized spacial score (nSPS) is 33.5. The van der Waals surface area contributed by atoms with Crippen LogP contribution >= 0.6 is 0 Å². The highest BCUT2D eigenvalue weighted by molar-refractivity contribution is 7.88. The van der Waals surface area contributed by atoms with Crippen LogP contribution in [0.25, 0.3) is 0 Å². The molecule has 0 radical (unpaired) electrons. The fourth-order valence-corrected chi connectivity index (χ4v) is 2.53. The van der Waals surface area contributed by atoms with Crippen LogP contribution in [0.15, 0.2) is 0 Å². The first kappa shape index (κ1) is 10.9. The highest BCUT2D eigenvalue weighted by atomic mass is 32.2. The van der Waals surface area contributed by atoms with Gasteiger partial charge in [-0.2, -0.15) is 4.31 Å². The Morgan fingerprint density at radius 1 is 1.23 bits per heavy atom. The summed E-state index contributed by atoms with van der Waals surface area (Å²) in [6.07, 6.45) is 1.23. The standard InChI is InChI=1S/C7H17N3O2S/c1-6-4-9(13(3,11)12)5-7(2)10(6)8/h6-7H,4-5,8H2,1-3H3. The van der Waals surface area contributed by atoms with Crippen molar-refractivity contribution >= 4 is 10.0 Å². The Morgan fingerprint density at radius 3 is 1.92 bits per heavy atom. The van der Waals surface area contributed by atoms with Crippen molar-refractivity contribution in [2.75, 3.05) is 19.3 Å². The molecule has 1 fully saturated rings. The first-order valence-electron chi connectivity index (χ1n) is 4.30. The van der Waals surface area contributed by atoms with Crippen LogP contribution in [0.5, 0.6) is 0 Å². The number of sulfonamides is 1. The number of rotatable bonds is 1. The predicted molar refractivity (Wildman–Crippen MR) is 51.4 cm³/mol. The molecule has 13 heavy (non-hydrogen) atoms. The van der Waals surface area contributed by atoms with Gasteiger partial charge in [0.2, 0.25) is 10.0 Å². The van der Waals surface area contributed by atoms with Gasteiger partial charge in [0.25, 0.3) is 0 Å². The molecule has 0 amide bonds. The third kappa shape index (κ3) is 2.40. The van der Waals surface area contributed by atoms with Gasteiger partial charge in [-0.1, -0.05) is 0 Å². The number of hydrogen-bond donors (Lipinski definition) is 1. The van der Waals surface area contributed by atoms with Crippen molar-refractivity contribution in [1.82, 2.24) is 9.31 Å². The molecule has 1 aliphatic heterocycles. The predicted octanol–water partition coefficient (Wildman–Crippen LogP) is -0.786. The van der Waals surface area contributed by atoms with E-state index in [1.165, 1.54) is 10.6 Å². The second-order valence-corrected chi connectivity index (χ2v) is 5.71. The van der Waals surface area contributed by atoms with Crippen LogP contribution in [0.2, 0.25) is 0 Å². The topological polar surface area (TPSA) is 66.6 Å². The van der Waals surface area contributed by atoms with Gasteiger partial charge in [0.1, 0.15) is 0 Å². The van der Waals surface area contributed by atoms with E-state index in [4.69, 9.17) is 5.84 Å². The van der Waals surface area contributed by atoms with Crippen molar-refractivity contribution in [2.45, 2.75) is 25.9 Å². The van der Waals surface area contributed by atoms with E-state index in [0.717, 1.165) is 0 Å². The van der Waals surface area contributed by atoms with E-state index in [1.54, 1.807) is 5.01 Å². The Hall–Kier alpha value is -0.170. The zero-order valence-electron chi connectivity index (χ0n) is 8.27. The number of hydrazine groups is 1. The summed E-state index contributed by atoms with van der Waals surface area (Å²) in [6, 6.07) is 0.164. The molecule has 5 nitrogen and oxygen atoms in total. The van der Waals surface area contributed by atoms with E-state index >= 15 is 0 Å². The molecule has 1 saturated heterocycles. The maximum Gasteiger partial charge on any atom is 0.211 e. The minimum absolute atomic E-state index is 0.0819. The summed E-state index contributed by atoms with van der Waals surface area (Å²) in [5.41, 5.74) is 0. The van der Waals surface area contributed by atoms with Crippen molar-refractivity contribution in [3.63, 3.8) is 0 Å². The third-order valence-electron chi connectivity index (χ3n) is 2.42. The zero-order valence-corrected chi connectivity index (χ0v) is 9.08. The lowest BCUT2D eigenvalue weighted by atomic mass is 10.2. The Labute approximate surface area is 79.5 Å². The van der Waals surface area contributed by atoms with Crippen LogP contribution in [-0.4, -0.2) is 49.2 Å². The second kappa shape index (κ2) is 3.53. The van der Waals surface area contributed by atoms with E-state index in [9.17, 15) is 8.42 Å². The second-order valence-electron chi connectivity index (χ2n) is 3.73. The van der Waals surface area contributed by atoms with Crippen molar-refractivity contribution in [3.05, 3.63) is 0 Å². The number of nitrogens with zero attached hydrogens (tertiary/aromatic N) is 2. The highest BCUT2D eigenvalue weighted by Gasteiger charge is 2.31. The molecule has 0 saturated carbocycles. The fourth-order valence-electron chi connectivity index (χ4n) is 1.56. The summed E-state index contributed by atoms with van der Waals surface area (Å²) >= 11 is 0. The Bertz CT molecular complexity index is 265. The highest BCUT2D eigenvalue weighted by Crippen LogP contribution is 2.13. The van der Waals surface area contributed by atoms with E-state index in [-0.39, 0.29) is 12.1 Å². The van der Waals surface area contributed by atoms with Crippen molar-refractivity contribution in [1.29, 1.82) is 0 Å².